The number of aliphatic imine (C=N–C) groups is 1. The van der Waals surface area contributed by atoms with Crippen LogP contribution in [0.1, 0.15) is 44.4 Å². The van der Waals surface area contributed by atoms with Gasteiger partial charge in [-0.3, -0.25) is 0 Å². The third-order valence-corrected chi connectivity index (χ3v) is 6.36. The van der Waals surface area contributed by atoms with Crippen LogP contribution in [0.15, 0.2) is 29.4 Å². The molecule has 7 nitrogen and oxygen atoms in total. The van der Waals surface area contributed by atoms with Gasteiger partial charge in [-0.2, -0.15) is 0 Å². The molecule has 2 atom stereocenters. The molecular weight excluding hydrogens is 438 g/mol. The number of likely N-dealkylation sites (tertiary alicyclic amines) is 1. The van der Waals surface area contributed by atoms with Gasteiger partial charge in [0.25, 0.3) is 0 Å². The largest absolute Gasteiger partial charge is 0.497 e. The molecule has 0 bridgehead atoms. The Labute approximate surface area is 209 Å². The van der Waals surface area contributed by atoms with Gasteiger partial charge in [0.2, 0.25) is 0 Å². The molecule has 2 N–H and O–H groups in total. The second-order valence-electron chi connectivity index (χ2n) is 9.54. The average Bonchev–Trinajstić information content (AvgIpc) is 3.37. The molecule has 188 valence electrons. The molecule has 1 aliphatic rings. The first kappa shape index (κ1) is 26.4. The minimum absolute atomic E-state index is 0.333. The number of ether oxygens (including phenoxy) is 2. The summed E-state index contributed by atoms with van der Waals surface area (Å²) in [4.78, 5) is 9.14. The van der Waals surface area contributed by atoms with Crippen molar-refractivity contribution in [1.82, 2.24) is 14.4 Å². The van der Waals surface area contributed by atoms with E-state index in [1.165, 1.54) is 5.57 Å². The van der Waals surface area contributed by atoms with E-state index < -0.39 is 0 Å². The number of likely N-dealkylation sites (N-methyl/N-ethyl adjacent to an activating group) is 2. The zero-order valence-electron chi connectivity index (χ0n) is 22.3. The summed E-state index contributed by atoms with van der Waals surface area (Å²) < 4.78 is 13.2. The van der Waals surface area contributed by atoms with Crippen molar-refractivity contribution in [2.24, 2.45) is 10.7 Å². The Morgan fingerprint density at radius 3 is 2.37 bits per heavy atom. The van der Waals surface area contributed by atoms with Crippen LogP contribution >= 0.6 is 0 Å². The first-order valence-electron chi connectivity index (χ1n) is 11.9. The van der Waals surface area contributed by atoms with Crippen molar-refractivity contribution in [2.75, 3.05) is 48.5 Å². The summed E-state index contributed by atoms with van der Waals surface area (Å²) in [7, 11) is 9.74. The van der Waals surface area contributed by atoms with Gasteiger partial charge >= 0.3 is 0 Å². The maximum atomic E-state index is 6.50. The highest BCUT2D eigenvalue weighted by molar-refractivity contribution is 5.64. The van der Waals surface area contributed by atoms with Crippen molar-refractivity contribution in [1.29, 1.82) is 0 Å². The first-order valence-corrected chi connectivity index (χ1v) is 11.9. The smallest absolute Gasteiger partial charge is 0.133 e. The van der Waals surface area contributed by atoms with E-state index >= 15 is 0 Å². The number of benzene rings is 1. The van der Waals surface area contributed by atoms with Crippen molar-refractivity contribution in [2.45, 2.75) is 39.3 Å². The highest BCUT2D eigenvalue weighted by Crippen LogP contribution is 2.26. The van der Waals surface area contributed by atoms with Gasteiger partial charge < -0.3 is 29.6 Å². The second kappa shape index (κ2) is 11.5. The number of rotatable bonds is 6. The molecule has 2 unspecified atom stereocenters. The fourth-order valence-electron chi connectivity index (χ4n) is 4.78. The average molecular weight is 478 g/mol. The zero-order valence-corrected chi connectivity index (χ0v) is 22.3. The molecule has 0 saturated carbocycles. The summed E-state index contributed by atoms with van der Waals surface area (Å²) in [6.45, 7) is 8.13. The molecule has 0 spiro atoms. The lowest BCUT2D eigenvalue weighted by atomic mass is 10.1. The van der Waals surface area contributed by atoms with Gasteiger partial charge in [0.1, 0.15) is 17.3 Å². The predicted molar refractivity (Wildman–Crippen MR) is 144 cm³/mol. The van der Waals surface area contributed by atoms with Gasteiger partial charge in [0, 0.05) is 49.2 Å². The number of nitrogens with zero attached hydrogens (tertiary/aromatic N) is 4. The SMILES string of the molecule is CC=N/C(N)=c1/c(C#Cc2cc(OC)cc(OC)c2)cn(C2CC(CN(C)C)N(C)C2)c1=C(C)C. The molecule has 1 aliphatic heterocycles. The molecule has 35 heavy (non-hydrogen) atoms. The van der Waals surface area contributed by atoms with E-state index in [2.05, 4.69) is 72.4 Å². The third kappa shape index (κ3) is 6.08. The van der Waals surface area contributed by atoms with Crippen molar-refractivity contribution in [3.8, 4) is 23.3 Å². The quantitative estimate of drug-likeness (QED) is 0.509. The van der Waals surface area contributed by atoms with Crippen LogP contribution < -0.4 is 25.8 Å². The summed E-state index contributed by atoms with van der Waals surface area (Å²) >= 11 is 0. The van der Waals surface area contributed by atoms with E-state index in [1.54, 1.807) is 20.4 Å². The minimum atomic E-state index is 0.333. The van der Waals surface area contributed by atoms with Crippen LogP contribution in [0.3, 0.4) is 0 Å². The van der Waals surface area contributed by atoms with E-state index in [1.807, 2.05) is 25.1 Å². The summed E-state index contributed by atoms with van der Waals surface area (Å²) in [6.07, 6.45) is 4.94. The van der Waals surface area contributed by atoms with Crippen LogP contribution in [0.5, 0.6) is 11.5 Å². The molecule has 1 fully saturated rings. The normalized spacial score (nSPS) is 19.1. The van der Waals surface area contributed by atoms with Crippen LogP contribution in [0, 0.1) is 11.8 Å². The van der Waals surface area contributed by atoms with Crippen molar-refractivity contribution >= 4 is 17.6 Å². The molecule has 0 amide bonds. The van der Waals surface area contributed by atoms with Crippen LogP contribution in [0.4, 0.5) is 0 Å². The van der Waals surface area contributed by atoms with E-state index in [9.17, 15) is 0 Å². The van der Waals surface area contributed by atoms with Crippen LogP contribution in [-0.2, 0) is 0 Å². The third-order valence-electron chi connectivity index (χ3n) is 6.36. The lowest BCUT2D eigenvalue weighted by Gasteiger charge is -2.22. The Balaban J connectivity index is 2.19. The van der Waals surface area contributed by atoms with Gasteiger partial charge in [0.05, 0.1) is 30.4 Å². The van der Waals surface area contributed by atoms with Gasteiger partial charge in [-0.05, 0) is 60.5 Å². The highest BCUT2D eigenvalue weighted by atomic mass is 16.5. The van der Waals surface area contributed by atoms with Crippen LogP contribution in [0.25, 0.3) is 11.4 Å². The standard InChI is InChI=1S/C28H39N5O2/c1-9-30-28(29)26-21(11-10-20-12-24(34-7)15-25(13-20)35-8)16-33(27(26)19(2)3)23-14-22(17-31(4)5)32(6)18-23/h9,12-13,15-16,22-23H,14,17-18,29H2,1-8H3/b28-26-,30-9?. The molecule has 0 radical (unpaired) electrons. The number of hydrogen-bond acceptors (Lipinski definition) is 6. The summed E-state index contributed by atoms with van der Waals surface area (Å²) in [5, 5.41) is 1.99. The van der Waals surface area contributed by atoms with Crippen molar-refractivity contribution < 1.29 is 9.47 Å². The van der Waals surface area contributed by atoms with E-state index in [0.717, 1.165) is 41.2 Å². The van der Waals surface area contributed by atoms with E-state index in [-0.39, 0.29) is 0 Å². The Kier molecular flexibility index (Phi) is 8.66. The highest BCUT2D eigenvalue weighted by Gasteiger charge is 2.31. The summed E-state index contributed by atoms with van der Waals surface area (Å²) in [5.41, 5.74) is 9.36. The van der Waals surface area contributed by atoms with Gasteiger partial charge in [-0.1, -0.05) is 17.4 Å². The van der Waals surface area contributed by atoms with E-state index in [0.29, 0.717) is 29.4 Å². The zero-order chi connectivity index (χ0) is 25.7. The number of methoxy groups -OCH3 is 2. The topological polar surface area (TPSA) is 68.2 Å². The molecular formula is C28H39N5O2. The fraction of sp³-hybridized carbons (Fsp3) is 0.464. The molecule has 1 aromatic heterocycles. The van der Waals surface area contributed by atoms with Crippen molar-refractivity contribution in [3.63, 3.8) is 0 Å². The van der Waals surface area contributed by atoms with Crippen molar-refractivity contribution in [3.05, 3.63) is 46.1 Å². The molecule has 1 saturated heterocycles. The van der Waals surface area contributed by atoms with Crippen LogP contribution in [0.2, 0.25) is 0 Å². The number of hydrogen-bond donors (Lipinski definition) is 1. The fourth-order valence-corrected chi connectivity index (χ4v) is 4.78. The Bertz CT molecular complexity index is 1240. The van der Waals surface area contributed by atoms with Gasteiger partial charge in [-0.15, -0.1) is 0 Å². The summed E-state index contributed by atoms with van der Waals surface area (Å²) in [5.74, 6) is 8.55. The Morgan fingerprint density at radius 1 is 1.17 bits per heavy atom. The maximum Gasteiger partial charge on any atom is 0.133 e. The number of nitrogens with two attached hydrogens (primary N) is 1. The monoisotopic (exact) mass is 477 g/mol. The lowest BCUT2D eigenvalue weighted by Crippen LogP contribution is -2.37. The molecule has 1 aromatic carbocycles. The Morgan fingerprint density at radius 2 is 1.83 bits per heavy atom. The molecule has 3 rings (SSSR count). The van der Waals surface area contributed by atoms with E-state index in [4.69, 9.17) is 15.2 Å². The second-order valence-corrected chi connectivity index (χ2v) is 9.54. The number of aromatic nitrogens is 1. The molecule has 2 heterocycles. The lowest BCUT2D eigenvalue weighted by molar-refractivity contribution is 0.243. The first-order chi connectivity index (χ1) is 16.7. The van der Waals surface area contributed by atoms with Crippen LogP contribution in [-0.4, -0.2) is 75.1 Å². The summed E-state index contributed by atoms with van der Waals surface area (Å²) in [6, 6.07) is 6.47. The Hall–Kier alpha value is -3.21. The van der Waals surface area contributed by atoms with Gasteiger partial charge in [0.15, 0.2) is 0 Å². The predicted octanol–water partition coefficient (Wildman–Crippen LogP) is 2.02. The minimum Gasteiger partial charge on any atom is -0.497 e. The molecule has 2 aromatic rings. The molecule has 0 aliphatic carbocycles. The van der Waals surface area contributed by atoms with Gasteiger partial charge in [-0.25, -0.2) is 4.99 Å². The molecule has 7 heteroatoms. The maximum absolute atomic E-state index is 6.50.